The molecule has 1 atom stereocenters. The fourth-order valence-electron chi connectivity index (χ4n) is 2.51. The first-order chi connectivity index (χ1) is 8.31. The van der Waals surface area contributed by atoms with Gasteiger partial charge in [0.05, 0.1) is 5.69 Å². The van der Waals surface area contributed by atoms with E-state index in [0.29, 0.717) is 6.04 Å². The minimum absolute atomic E-state index is 0. The summed E-state index contributed by atoms with van der Waals surface area (Å²) in [6, 6.07) is 4.86. The standard InChI is InChI=1S/C14H23N3.ClH/c1-3-9-17(13-6-8-15-10-13)11-14-12(2)5-4-7-16-14;/h4-5,7,13,15H,3,6,8-11H2,1-2H3;1H. The number of hydrogen-bond donors (Lipinski definition) is 1. The summed E-state index contributed by atoms with van der Waals surface area (Å²) in [6.45, 7) is 8.85. The van der Waals surface area contributed by atoms with Crippen molar-refractivity contribution >= 4 is 12.4 Å². The zero-order chi connectivity index (χ0) is 12.1. The van der Waals surface area contributed by atoms with Crippen LogP contribution in [-0.2, 0) is 6.54 Å². The second kappa shape index (κ2) is 7.72. The Kier molecular flexibility index (Phi) is 6.61. The van der Waals surface area contributed by atoms with Crippen molar-refractivity contribution in [2.24, 2.45) is 0 Å². The molecule has 1 fully saturated rings. The molecule has 0 saturated carbocycles. The van der Waals surface area contributed by atoms with E-state index in [4.69, 9.17) is 0 Å². The smallest absolute Gasteiger partial charge is 0.0573 e. The minimum atomic E-state index is 0. The van der Waals surface area contributed by atoms with Crippen molar-refractivity contribution in [1.29, 1.82) is 0 Å². The lowest BCUT2D eigenvalue weighted by Gasteiger charge is -2.28. The first kappa shape index (κ1) is 15.4. The summed E-state index contributed by atoms with van der Waals surface area (Å²) in [7, 11) is 0. The Morgan fingerprint density at radius 3 is 2.94 bits per heavy atom. The monoisotopic (exact) mass is 269 g/mol. The molecule has 1 unspecified atom stereocenters. The van der Waals surface area contributed by atoms with Crippen molar-refractivity contribution in [3.63, 3.8) is 0 Å². The number of nitrogens with one attached hydrogen (secondary N) is 1. The molecule has 102 valence electrons. The highest BCUT2D eigenvalue weighted by Crippen LogP contribution is 2.14. The number of nitrogens with zero attached hydrogens (tertiary/aromatic N) is 2. The molecule has 0 amide bonds. The number of halogens is 1. The Balaban J connectivity index is 0.00000162. The van der Waals surface area contributed by atoms with Crippen LogP contribution in [0.2, 0.25) is 0 Å². The molecule has 1 N–H and O–H groups in total. The zero-order valence-corrected chi connectivity index (χ0v) is 12.2. The van der Waals surface area contributed by atoms with Gasteiger partial charge in [-0.2, -0.15) is 0 Å². The second-order valence-corrected chi connectivity index (χ2v) is 4.88. The summed E-state index contributed by atoms with van der Waals surface area (Å²) in [4.78, 5) is 7.09. The predicted octanol–water partition coefficient (Wildman–Crippen LogP) is 2.39. The quantitative estimate of drug-likeness (QED) is 0.890. The van der Waals surface area contributed by atoms with E-state index in [1.54, 1.807) is 0 Å². The molecule has 4 heteroatoms. The van der Waals surface area contributed by atoms with E-state index in [1.807, 2.05) is 12.3 Å². The Hall–Kier alpha value is -0.640. The SMILES string of the molecule is CCCN(Cc1ncccc1C)C1CCNC1.Cl. The highest BCUT2D eigenvalue weighted by Gasteiger charge is 2.22. The van der Waals surface area contributed by atoms with Crippen LogP contribution in [0.15, 0.2) is 18.3 Å². The average Bonchev–Trinajstić information content (AvgIpc) is 2.85. The molecule has 0 aliphatic carbocycles. The molecule has 0 bridgehead atoms. The Bertz CT molecular complexity index is 351. The molecular weight excluding hydrogens is 246 g/mol. The van der Waals surface area contributed by atoms with Gasteiger partial charge in [-0.15, -0.1) is 12.4 Å². The fourth-order valence-corrected chi connectivity index (χ4v) is 2.51. The van der Waals surface area contributed by atoms with Crippen LogP contribution < -0.4 is 5.32 Å². The summed E-state index contributed by atoms with van der Waals surface area (Å²) in [5, 5.41) is 3.45. The number of pyridine rings is 1. The van der Waals surface area contributed by atoms with Crippen LogP contribution >= 0.6 is 12.4 Å². The van der Waals surface area contributed by atoms with Gasteiger partial charge < -0.3 is 5.32 Å². The highest BCUT2D eigenvalue weighted by atomic mass is 35.5. The van der Waals surface area contributed by atoms with Crippen LogP contribution in [0.4, 0.5) is 0 Å². The van der Waals surface area contributed by atoms with E-state index in [2.05, 4.69) is 35.1 Å². The maximum Gasteiger partial charge on any atom is 0.0573 e. The van der Waals surface area contributed by atoms with Crippen LogP contribution in [0, 0.1) is 6.92 Å². The largest absolute Gasteiger partial charge is 0.315 e. The summed E-state index contributed by atoms with van der Waals surface area (Å²) >= 11 is 0. The van der Waals surface area contributed by atoms with E-state index in [1.165, 1.54) is 30.6 Å². The van der Waals surface area contributed by atoms with Crippen LogP contribution in [0.25, 0.3) is 0 Å². The Labute approximate surface area is 116 Å². The van der Waals surface area contributed by atoms with Crippen LogP contribution in [0.1, 0.15) is 31.0 Å². The van der Waals surface area contributed by atoms with Crippen molar-refractivity contribution in [2.45, 2.75) is 39.3 Å². The highest BCUT2D eigenvalue weighted by molar-refractivity contribution is 5.85. The van der Waals surface area contributed by atoms with E-state index >= 15 is 0 Å². The van der Waals surface area contributed by atoms with E-state index in [0.717, 1.165) is 19.6 Å². The first-order valence-corrected chi connectivity index (χ1v) is 6.66. The molecule has 1 aliphatic heterocycles. The van der Waals surface area contributed by atoms with Crippen molar-refractivity contribution < 1.29 is 0 Å². The van der Waals surface area contributed by atoms with Gasteiger partial charge in [-0.05, 0) is 44.5 Å². The molecular formula is C14H24ClN3. The summed E-state index contributed by atoms with van der Waals surface area (Å²) in [5.41, 5.74) is 2.53. The van der Waals surface area contributed by atoms with E-state index < -0.39 is 0 Å². The van der Waals surface area contributed by atoms with Gasteiger partial charge in [0.2, 0.25) is 0 Å². The summed E-state index contributed by atoms with van der Waals surface area (Å²) < 4.78 is 0. The van der Waals surface area contributed by atoms with Gasteiger partial charge in [0.1, 0.15) is 0 Å². The lowest BCUT2D eigenvalue weighted by Crippen LogP contribution is -2.37. The molecule has 0 spiro atoms. The molecule has 18 heavy (non-hydrogen) atoms. The third-order valence-corrected chi connectivity index (χ3v) is 3.53. The van der Waals surface area contributed by atoms with Crippen LogP contribution in [0.5, 0.6) is 0 Å². The molecule has 0 radical (unpaired) electrons. The Morgan fingerprint density at radius 2 is 2.33 bits per heavy atom. The van der Waals surface area contributed by atoms with Gasteiger partial charge >= 0.3 is 0 Å². The van der Waals surface area contributed by atoms with Crippen molar-refractivity contribution in [3.8, 4) is 0 Å². The van der Waals surface area contributed by atoms with Crippen molar-refractivity contribution in [1.82, 2.24) is 15.2 Å². The van der Waals surface area contributed by atoms with Gasteiger partial charge in [-0.25, -0.2) is 0 Å². The maximum atomic E-state index is 4.51. The number of aryl methyl sites for hydroxylation is 1. The van der Waals surface area contributed by atoms with E-state index in [-0.39, 0.29) is 12.4 Å². The summed E-state index contributed by atoms with van der Waals surface area (Å²) in [6.07, 6.45) is 4.38. The van der Waals surface area contributed by atoms with Gasteiger partial charge in [0, 0.05) is 25.3 Å². The van der Waals surface area contributed by atoms with Crippen molar-refractivity contribution in [2.75, 3.05) is 19.6 Å². The molecule has 0 aromatic carbocycles. The maximum absolute atomic E-state index is 4.51. The van der Waals surface area contributed by atoms with Gasteiger partial charge in [-0.3, -0.25) is 9.88 Å². The number of rotatable bonds is 5. The second-order valence-electron chi connectivity index (χ2n) is 4.88. The average molecular weight is 270 g/mol. The number of aromatic nitrogens is 1. The van der Waals surface area contributed by atoms with Crippen molar-refractivity contribution in [3.05, 3.63) is 29.6 Å². The predicted molar refractivity (Wildman–Crippen MR) is 78.2 cm³/mol. The Morgan fingerprint density at radius 1 is 1.50 bits per heavy atom. The fraction of sp³-hybridized carbons (Fsp3) is 0.643. The zero-order valence-electron chi connectivity index (χ0n) is 11.4. The topological polar surface area (TPSA) is 28.2 Å². The molecule has 2 rings (SSSR count). The first-order valence-electron chi connectivity index (χ1n) is 6.66. The molecule has 1 aromatic rings. The molecule has 1 saturated heterocycles. The third-order valence-electron chi connectivity index (χ3n) is 3.53. The molecule has 2 heterocycles. The number of hydrogen-bond acceptors (Lipinski definition) is 3. The van der Waals surface area contributed by atoms with Crippen LogP contribution in [0.3, 0.4) is 0 Å². The van der Waals surface area contributed by atoms with Gasteiger partial charge in [0.15, 0.2) is 0 Å². The van der Waals surface area contributed by atoms with Gasteiger partial charge in [-0.1, -0.05) is 13.0 Å². The molecule has 1 aliphatic rings. The third kappa shape index (κ3) is 3.94. The summed E-state index contributed by atoms with van der Waals surface area (Å²) in [5.74, 6) is 0. The van der Waals surface area contributed by atoms with Crippen LogP contribution in [-0.4, -0.2) is 35.6 Å². The molecule has 3 nitrogen and oxygen atoms in total. The lowest BCUT2D eigenvalue weighted by atomic mass is 10.1. The lowest BCUT2D eigenvalue weighted by molar-refractivity contribution is 0.197. The molecule has 1 aromatic heterocycles. The minimum Gasteiger partial charge on any atom is -0.315 e. The normalized spacial score (nSPS) is 18.9. The van der Waals surface area contributed by atoms with E-state index in [9.17, 15) is 0 Å². The van der Waals surface area contributed by atoms with Gasteiger partial charge in [0.25, 0.3) is 0 Å².